The predicted octanol–water partition coefficient (Wildman–Crippen LogP) is -0.394. The Morgan fingerprint density at radius 1 is 1.64 bits per heavy atom. The topological polar surface area (TPSA) is 81.4 Å². The molecule has 0 saturated heterocycles. The number of nitrogens with two attached hydrogens (primary N) is 1. The van der Waals surface area contributed by atoms with E-state index < -0.39 is 18.0 Å². The van der Waals surface area contributed by atoms with Gasteiger partial charge in [0.2, 0.25) is 5.91 Å². The summed E-state index contributed by atoms with van der Waals surface area (Å²) in [4.78, 5) is 21.1. The zero-order valence-electron chi connectivity index (χ0n) is 6.59. The molecular formula is C6H12N2O3. The van der Waals surface area contributed by atoms with E-state index in [1.165, 1.54) is 7.11 Å². The number of amides is 2. The Labute approximate surface area is 64.9 Å². The summed E-state index contributed by atoms with van der Waals surface area (Å²) in [5.74, 6) is -0.557. The van der Waals surface area contributed by atoms with Crippen LogP contribution in [0.4, 0.5) is 4.79 Å². The molecule has 0 aromatic rings. The van der Waals surface area contributed by atoms with Crippen LogP contribution in [0, 0.1) is 0 Å². The van der Waals surface area contributed by atoms with E-state index >= 15 is 0 Å². The molecule has 0 aliphatic heterocycles. The second-order valence-corrected chi connectivity index (χ2v) is 2.00. The minimum atomic E-state index is -0.643. The van der Waals surface area contributed by atoms with Crippen LogP contribution >= 0.6 is 0 Å². The number of hydrogen-bond acceptors (Lipinski definition) is 3. The van der Waals surface area contributed by atoms with E-state index in [2.05, 4.69) is 10.1 Å². The Balaban J connectivity index is 3.88. The van der Waals surface area contributed by atoms with Gasteiger partial charge in [0.15, 0.2) is 0 Å². The van der Waals surface area contributed by atoms with Gasteiger partial charge in [-0.15, -0.1) is 0 Å². The molecule has 0 fully saturated rings. The van der Waals surface area contributed by atoms with Crippen molar-refractivity contribution < 1.29 is 14.3 Å². The minimum Gasteiger partial charge on any atom is -0.453 e. The number of nitrogens with one attached hydrogen (secondary N) is 1. The molecule has 5 heteroatoms. The van der Waals surface area contributed by atoms with E-state index in [-0.39, 0.29) is 0 Å². The molecule has 0 aliphatic carbocycles. The molecule has 0 aliphatic rings. The molecular weight excluding hydrogens is 148 g/mol. The van der Waals surface area contributed by atoms with E-state index in [4.69, 9.17) is 5.73 Å². The summed E-state index contributed by atoms with van der Waals surface area (Å²) in [5.41, 5.74) is 4.94. The number of rotatable bonds is 3. The van der Waals surface area contributed by atoms with Crippen molar-refractivity contribution in [3.05, 3.63) is 0 Å². The Morgan fingerprint density at radius 2 is 2.18 bits per heavy atom. The predicted molar refractivity (Wildman–Crippen MR) is 38.8 cm³/mol. The highest BCUT2D eigenvalue weighted by atomic mass is 16.5. The summed E-state index contributed by atoms with van der Waals surface area (Å²) in [5, 5.41) is 2.28. The van der Waals surface area contributed by atoms with Crippen molar-refractivity contribution in [2.75, 3.05) is 7.11 Å². The largest absolute Gasteiger partial charge is 0.453 e. The third-order valence-corrected chi connectivity index (χ3v) is 1.23. The standard InChI is InChI=1S/C6H12N2O3/c1-3-4(5(7)9)8-6(10)11-2/h4H,3H2,1-2H3,(H2,7,9)(H,8,10)/t4-/m0/s1. The van der Waals surface area contributed by atoms with Gasteiger partial charge in [-0.05, 0) is 6.42 Å². The molecule has 0 spiro atoms. The molecule has 5 nitrogen and oxygen atoms in total. The lowest BCUT2D eigenvalue weighted by molar-refractivity contribution is -0.119. The highest BCUT2D eigenvalue weighted by Gasteiger charge is 2.14. The lowest BCUT2D eigenvalue weighted by Gasteiger charge is -2.10. The van der Waals surface area contributed by atoms with Crippen molar-refractivity contribution in [3.63, 3.8) is 0 Å². The van der Waals surface area contributed by atoms with Crippen LogP contribution in [0.3, 0.4) is 0 Å². The molecule has 11 heavy (non-hydrogen) atoms. The normalized spacial score (nSPS) is 11.8. The number of carbonyl (C=O) groups excluding carboxylic acids is 2. The van der Waals surface area contributed by atoms with Gasteiger partial charge in [-0.1, -0.05) is 6.92 Å². The molecule has 0 heterocycles. The first kappa shape index (κ1) is 9.74. The maximum Gasteiger partial charge on any atom is 0.407 e. The highest BCUT2D eigenvalue weighted by molar-refractivity contribution is 5.84. The van der Waals surface area contributed by atoms with Gasteiger partial charge in [0.25, 0.3) is 0 Å². The molecule has 64 valence electrons. The summed E-state index contributed by atoms with van der Waals surface area (Å²) in [6.45, 7) is 1.74. The zero-order chi connectivity index (χ0) is 8.85. The fourth-order valence-corrected chi connectivity index (χ4v) is 0.576. The van der Waals surface area contributed by atoms with Gasteiger partial charge in [-0.2, -0.15) is 0 Å². The maximum atomic E-state index is 10.5. The zero-order valence-corrected chi connectivity index (χ0v) is 6.59. The molecule has 0 aromatic carbocycles. The number of hydrogen-bond donors (Lipinski definition) is 2. The Hall–Kier alpha value is -1.26. The van der Waals surface area contributed by atoms with Gasteiger partial charge < -0.3 is 15.8 Å². The first-order valence-corrected chi connectivity index (χ1v) is 3.25. The lowest BCUT2D eigenvalue weighted by atomic mass is 10.2. The fourth-order valence-electron chi connectivity index (χ4n) is 0.576. The first-order valence-electron chi connectivity index (χ1n) is 3.25. The van der Waals surface area contributed by atoms with Crippen LogP contribution in [-0.2, 0) is 9.53 Å². The second kappa shape index (κ2) is 4.54. The third-order valence-electron chi connectivity index (χ3n) is 1.23. The van der Waals surface area contributed by atoms with E-state index in [1.807, 2.05) is 0 Å². The average molecular weight is 160 g/mol. The van der Waals surface area contributed by atoms with E-state index in [0.717, 1.165) is 0 Å². The van der Waals surface area contributed by atoms with E-state index in [0.29, 0.717) is 6.42 Å². The van der Waals surface area contributed by atoms with Crippen LogP contribution in [0.1, 0.15) is 13.3 Å². The van der Waals surface area contributed by atoms with Gasteiger partial charge in [0.1, 0.15) is 6.04 Å². The number of ether oxygens (including phenoxy) is 1. The first-order chi connectivity index (χ1) is 5.11. The molecule has 0 aromatic heterocycles. The van der Waals surface area contributed by atoms with Crippen molar-refractivity contribution in [1.29, 1.82) is 0 Å². The smallest absolute Gasteiger partial charge is 0.407 e. The molecule has 0 bridgehead atoms. The average Bonchev–Trinajstić information content (AvgIpc) is 1.99. The summed E-state index contributed by atoms with van der Waals surface area (Å²) < 4.78 is 4.27. The van der Waals surface area contributed by atoms with Crippen LogP contribution in [-0.4, -0.2) is 25.2 Å². The van der Waals surface area contributed by atoms with Gasteiger partial charge in [0, 0.05) is 0 Å². The summed E-state index contributed by atoms with van der Waals surface area (Å²) >= 11 is 0. The van der Waals surface area contributed by atoms with Crippen LogP contribution in [0.25, 0.3) is 0 Å². The monoisotopic (exact) mass is 160 g/mol. The fraction of sp³-hybridized carbons (Fsp3) is 0.667. The highest BCUT2D eigenvalue weighted by Crippen LogP contribution is 1.89. The van der Waals surface area contributed by atoms with Crippen molar-refractivity contribution in [2.45, 2.75) is 19.4 Å². The quantitative estimate of drug-likeness (QED) is 0.589. The van der Waals surface area contributed by atoms with Crippen LogP contribution in [0.15, 0.2) is 0 Å². The number of alkyl carbamates (subject to hydrolysis) is 1. The number of methoxy groups -OCH3 is 1. The summed E-state index contributed by atoms with van der Waals surface area (Å²) in [7, 11) is 1.23. The van der Waals surface area contributed by atoms with Crippen molar-refractivity contribution >= 4 is 12.0 Å². The van der Waals surface area contributed by atoms with Gasteiger partial charge in [-0.3, -0.25) is 4.79 Å². The SMILES string of the molecule is CC[C@H](NC(=O)OC)C(N)=O. The molecule has 0 saturated carbocycles. The van der Waals surface area contributed by atoms with Gasteiger partial charge >= 0.3 is 6.09 Å². The molecule has 0 radical (unpaired) electrons. The number of primary amides is 1. The van der Waals surface area contributed by atoms with Crippen LogP contribution in [0.5, 0.6) is 0 Å². The second-order valence-electron chi connectivity index (χ2n) is 2.00. The van der Waals surface area contributed by atoms with Gasteiger partial charge in [0.05, 0.1) is 7.11 Å². The minimum absolute atomic E-state index is 0.463. The molecule has 0 unspecified atom stereocenters. The van der Waals surface area contributed by atoms with Crippen molar-refractivity contribution in [1.82, 2.24) is 5.32 Å². The lowest BCUT2D eigenvalue weighted by Crippen LogP contribution is -2.43. The molecule has 2 amide bonds. The number of carbonyl (C=O) groups is 2. The Bertz CT molecular complexity index is 158. The van der Waals surface area contributed by atoms with Crippen molar-refractivity contribution in [3.8, 4) is 0 Å². The molecule has 1 atom stereocenters. The van der Waals surface area contributed by atoms with Crippen LogP contribution in [0.2, 0.25) is 0 Å². The third kappa shape index (κ3) is 3.44. The summed E-state index contributed by atoms with van der Waals surface area (Å²) in [6.07, 6.45) is -0.180. The van der Waals surface area contributed by atoms with Crippen LogP contribution < -0.4 is 11.1 Å². The maximum absolute atomic E-state index is 10.5. The molecule has 0 rings (SSSR count). The Morgan fingerprint density at radius 3 is 2.45 bits per heavy atom. The molecule has 3 N–H and O–H groups in total. The van der Waals surface area contributed by atoms with Crippen molar-refractivity contribution in [2.24, 2.45) is 5.73 Å². The van der Waals surface area contributed by atoms with E-state index in [1.54, 1.807) is 6.92 Å². The Kier molecular flexibility index (Phi) is 4.02. The summed E-state index contributed by atoms with van der Waals surface area (Å²) in [6, 6.07) is -0.637. The van der Waals surface area contributed by atoms with Gasteiger partial charge in [-0.25, -0.2) is 4.79 Å². The van der Waals surface area contributed by atoms with E-state index in [9.17, 15) is 9.59 Å².